The van der Waals surface area contributed by atoms with Gasteiger partial charge in [-0.15, -0.1) is 0 Å². The van der Waals surface area contributed by atoms with Crippen LogP contribution in [-0.2, 0) is 16.1 Å². The highest BCUT2D eigenvalue weighted by Crippen LogP contribution is 2.08. The molecule has 0 fully saturated rings. The van der Waals surface area contributed by atoms with Crippen molar-refractivity contribution >= 4 is 11.9 Å². The van der Waals surface area contributed by atoms with Crippen molar-refractivity contribution < 1.29 is 19.4 Å². The maximum absolute atomic E-state index is 11.5. The first kappa shape index (κ1) is 16.2. The van der Waals surface area contributed by atoms with Crippen LogP contribution in [0.15, 0.2) is 24.3 Å². The molecule has 20 heavy (non-hydrogen) atoms. The summed E-state index contributed by atoms with van der Waals surface area (Å²) in [6, 6.07) is 6.63. The minimum atomic E-state index is -0.936. The number of benzene rings is 1. The maximum Gasteiger partial charge on any atom is 0.335 e. The number of carboxylic acids is 1. The van der Waals surface area contributed by atoms with Gasteiger partial charge < -0.3 is 15.2 Å². The molecule has 110 valence electrons. The van der Waals surface area contributed by atoms with Gasteiger partial charge in [0.1, 0.15) is 5.60 Å². The molecule has 0 unspecified atom stereocenters. The van der Waals surface area contributed by atoms with Crippen LogP contribution in [0, 0.1) is 0 Å². The molecule has 0 saturated carbocycles. The van der Waals surface area contributed by atoms with Gasteiger partial charge in [-0.1, -0.05) is 12.1 Å². The zero-order chi connectivity index (χ0) is 15.2. The Labute approximate surface area is 118 Å². The monoisotopic (exact) mass is 279 g/mol. The van der Waals surface area contributed by atoms with Gasteiger partial charge >= 0.3 is 11.9 Å². The summed E-state index contributed by atoms with van der Waals surface area (Å²) < 4.78 is 5.19. The lowest BCUT2D eigenvalue weighted by Crippen LogP contribution is -2.26. The number of carbonyl (C=O) groups is 2. The lowest BCUT2D eigenvalue weighted by molar-refractivity contribution is -0.154. The van der Waals surface area contributed by atoms with Crippen LogP contribution < -0.4 is 5.32 Å². The molecule has 1 aromatic rings. The molecule has 1 rings (SSSR count). The Morgan fingerprint density at radius 1 is 1.20 bits per heavy atom. The van der Waals surface area contributed by atoms with Gasteiger partial charge in [0, 0.05) is 13.1 Å². The van der Waals surface area contributed by atoms with Crippen LogP contribution in [0.2, 0.25) is 0 Å². The summed E-state index contributed by atoms with van der Waals surface area (Å²) in [5.74, 6) is -1.17. The molecule has 0 amide bonds. The zero-order valence-corrected chi connectivity index (χ0v) is 12.1. The summed E-state index contributed by atoms with van der Waals surface area (Å²) in [7, 11) is 0. The summed E-state index contributed by atoms with van der Waals surface area (Å²) in [5, 5.41) is 11.9. The van der Waals surface area contributed by atoms with Crippen LogP contribution in [0.25, 0.3) is 0 Å². The standard InChI is InChI=1S/C15H21NO4/c1-15(2,3)20-13(17)8-9-16-10-11-4-6-12(7-5-11)14(18)19/h4-7,16H,8-10H2,1-3H3,(H,18,19). The summed E-state index contributed by atoms with van der Waals surface area (Å²) in [4.78, 5) is 22.2. The highest BCUT2D eigenvalue weighted by molar-refractivity contribution is 5.87. The SMILES string of the molecule is CC(C)(C)OC(=O)CCNCc1ccc(C(=O)O)cc1. The molecule has 0 aliphatic heterocycles. The van der Waals surface area contributed by atoms with Crippen molar-refractivity contribution in [3.63, 3.8) is 0 Å². The Hall–Kier alpha value is -1.88. The first-order valence-corrected chi connectivity index (χ1v) is 6.53. The number of hydrogen-bond donors (Lipinski definition) is 2. The fraction of sp³-hybridized carbons (Fsp3) is 0.467. The van der Waals surface area contributed by atoms with Gasteiger partial charge in [-0.2, -0.15) is 0 Å². The molecule has 0 spiro atoms. The van der Waals surface area contributed by atoms with Gasteiger partial charge in [-0.25, -0.2) is 4.79 Å². The van der Waals surface area contributed by atoms with Crippen molar-refractivity contribution in [3.8, 4) is 0 Å². The molecule has 0 aliphatic rings. The van der Waals surface area contributed by atoms with E-state index in [1.54, 1.807) is 24.3 Å². The molecule has 1 aromatic carbocycles. The quantitative estimate of drug-likeness (QED) is 0.617. The minimum absolute atomic E-state index is 0.230. The number of aromatic carboxylic acids is 1. The number of carboxylic acid groups (broad SMARTS) is 1. The van der Waals surface area contributed by atoms with Gasteiger partial charge in [-0.3, -0.25) is 4.79 Å². The summed E-state index contributed by atoms with van der Waals surface area (Å²) in [6.45, 7) is 6.62. The molecular formula is C15H21NO4. The third kappa shape index (κ3) is 6.33. The van der Waals surface area contributed by atoms with E-state index in [1.807, 2.05) is 20.8 Å². The van der Waals surface area contributed by atoms with Crippen molar-refractivity contribution in [2.45, 2.75) is 39.3 Å². The Balaban J connectivity index is 2.27. The normalized spacial score (nSPS) is 11.2. The molecule has 0 heterocycles. The van der Waals surface area contributed by atoms with E-state index in [1.165, 1.54) is 0 Å². The first-order valence-electron chi connectivity index (χ1n) is 6.53. The topological polar surface area (TPSA) is 75.6 Å². The van der Waals surface area contributed by atoms with Gasteiger partial charge in [-0.05, 0) is 38.5 Å². The smallest absolute Gasteiger partial charge is 0.335 e. The summed E-state index contributed by atoms with van der Waals surface area (Å²) >= 11 is 0. The van der Waals surface area contributed by atoms with Gasteiger partial charge in [0.05, 0.1) is 12.0 Å². The number of esters is 1. The van der Waals surface area contributed by atoms with Crippen molar-refractivity contribution in [2.75, 3.05) is 6.54 Å². The van der Waals surface area contributed by atoms with Crippen LogP contribution in [0.4, 0.5) is 0 Å². The van der Waals surface area contributed by atoms with Crippen LogP contribution >= 0.6 is 0 Å². The fourth-order valence-electron chi connectivity index (χ4n) is 1.58. The third-order valence-corrected chi connectivity index (χ3v) is 2.46. The molecule has 5 heteroatoms. The van der Waals surface area contributed by atoms with E-state index in [0.29, 0.717) is 19.5 Å². The molecule has 0 atom stereocenters. The van der Waals surface area contributed by atoms with Crippen LogP contribution in [0.5, 0.6) is 0 Å². The Morgan fingerprint density at radius 2 is 1.80 bits per heavy atom. The van der Waals surface area contributed by atoms with Crippen molar-refractivity contribution in [3.05, 3.63) is 35.4 Å². The largest absolute Gasteiger partial charge is 0.478 e. The van der Waals surface area contributed by atoms with E-state index >= 15 is 0 Å². The second-order valence-electron chi connectivity index (χ2n) is 5.52. The van der Waals surface area contributed by atoms with E-state index in [0.717, 1.165) is 5.56 Å². The highest BCUT2D eigenvalue weighted by Gasteiger charge is 2.15. The molecule has 0 aliphatic carbocycles. The molecule has 0 bridgehead atoms. The van der Waals surface area contributed by atoms with Gasteiger partial charge in [0.15, 0.2) is 0 Å². The van der Waals surface area contributed by atoms with Crippen LogP contribution in [0.3, 0.4) is 0 Å². The number of hydrogen-bond acceptors (Lipinski definition) is 4. The van der Waals surface area contributed by atoms with Crippen molar-refractivity contribution in [2.24, 2.45) is 0 Å². The maximum atomic E-state index is 11.5. The minimum Gasteiger partial charge on any atom is -0.478 e. The average Bonchev–Trinajstić information content (AvgIpc) is 2.33. The van der Waals surface area contributed by atoms with Crippen molar-refractivity contribution in [1.82, 2.24) is 5.32 Å². The number of nitrogens with one attached hydrogen (secondary N) is 1. The summed E-state index contributed by atoms with van der Waals surface area (Å²) in [5.41, 5.74) is 0.783. The predicted molar refractivity (Wildman–Crippen MR) is 75.6 cm³/mol. The highest BCUT2D eigenvalue weighted by atomic mass is 16.6. The predicted octanol–water partition coefficient (Wildman–Crippen LogP) is 2.21. The third-order valence-electron chi connectivity index (χ3n) is 2.46. The van der Waals surface area contributed by atoms with E-state index in [4.69, 9.17) is 9.84 Å². The second-order valence-corrected chi connectivity index (χ2v) is 5.52. The fourth-order valence-corrected chi connectivity index (χ4v) is 1.58. The van der Waals surface area contributed by atoms with E-state index in [-0.39, 0.29) is 11.5 Å². The zero-order valence-electron chi connectivity index (χ0n) is 12.1. The molecule has 0 radical (unpaired) electrons. The van der Waals surface area contributed by atoms with E-state index in [2.05, 4.69) is 5.32 Å². The lowest BCUT2D eigenvalue weighted by Gasteiger charge is -2.19. The Morgan fingerprint density at radius 3 is 2.30 bits per heavy atom. The Kier molecular flexibility index (Phi) is 5.70. The van der Waals surface area contributed by atoms with Crippen molar-refractivity contribution in [1.29, 1.82) is 0 Å². The van der Waals surface area contributed by atoms with Gasteiger partial charge in [0.25, 0.3) is 0 Å². The van der Waals surface area contributed by atoms with E-state index in [9.17, 15) is 9.59 Å². The first-order chi connectivity index (χ1) is 9.28. The summed E-state index contributed by atoms with van der Waals surface area (Å²) in [6.07, 6.45) is 0.310. The number of rotatable bonds is 6. The van der Waals surface area contributed by atoms with E-state index < -0.39 is 11.6 Å². The number of ether oxygens (including phenoxy) is 1. The number of carbonyl (C=O) groups excluding carboxylic acids is 1. The van der Waals surface area contributed by atoms with Gasteiger partial charge in [0.2, 0.25) is 0 Å². The molecule has 0 saturated heterocycles. The molecular weight excluding hydrogens is 258 g/mol. The molecule has 0 aromatic heterocycles. The average molecular weight is 279 g/mol. The second kappa shape index (κ2) is 7.05. The Bertz CT molecular complexity index is 460. The molecule has 5 nitrogen and oxygen atoms in total. The van der Waals surface area contributed by atoms with Crippen LogP contribution in [0.1, 0.15) is 43.1 Å². The van der Waals surface area contributed by atoms with Crippen LogP contribution in [-0.4, -0.2) is 29.2 Å². The lowest BCUT2D eigenvalue weighted by atomic mass is 10.1. The molecule has 2 N–H and O–H groups in total.